The standard InChI is InChI=1S/C17H25ClFN/c1-16(2,3)13-6-8-17(20,9-7-13)11-12-4-5-14(18)15(19)10-12/h4-5,10,13H,6-9,11,20H2,1-3H3. The van der Waals surface area contributed by atoms with Crippen LogP contribution in [0.25, 0.3) is 0 Å². The molecule has 0 amide bonds. The highest BCUT2D eigenvalue weighted by Crippen LogP contribution is 2.41. The average Bonchev–Trinajstić information content (AvgIpc) is 2.33. The quantitative estimate of drug-likeness (QED) is 0.820. The van der Waals surface area contributed by atoms with Crippen molar-refractivity contribution in [3.63, 3.8) is 0 Å². The topological polar surface area (TPSA) is 26.0 Å². The number of hydrogen-bond acceptors (Lipinski definition) is 1. The van der Waals surface area contributed by atoms with Crippen LogP contribution in [-0.4, -0.2) is 5.54 Å². The van der Waals surface area contributed by atoms with E-state index in [0.717, 1.165) is 43.6 Å². The van der Waals surface area contributed by atoms with Gasteiger partial charge in [0.2, 0.25) is 0 Å². The summed E-state index contributed by atoms with van der Waals surface area (Å²) in [5.41, 5.74) is 7.64. The molecule has 112 valence electrons. The molecule has 1 aromatic carbocycles. The smallest absolute Gasteiger partial charge is 0.142 e. The molecule has 0 bridgehead atoms. The van der Waals surface area contributed by atoms with Gasteiger partial charge in [0.15, 0.2) is 0 Å². The monoisotopic (exact) mass is 297 g/mol. The highest BCUT2D eigenvalue weighted by Gasteiger charge is 2.36. The number of halogens is 2. The third-order valence-electron chi connectivity index (χ3n) is 4.75. The summed E-state index contributed by atoms with van der Waals surface area (Å²) in [6.07, 6.45) is 5.09. The zero-order valence-corrected chi connectivity index (χ0v) is 13.4. The zero-order valence-electron chi connectivity index (χ0n) is 12.7. The van der Waals surface area contributed by atoms with Crippen LogP contribution in [-0.2, 0) is 6.42 Å². The highest BCUT2D eigenvalue weighted by molar-refractivity contribution is 6.30. The Morgan fingerprint density at radius 2 is 1.90 bits per heavy atom. The maximum Gasteiger partial charge on any atom is 0.142 e. The van der Waals surface area contributed by atoms with Crippen LogP contribution in [0.1, 0.15) is 52.0 Å². The summed E-state index contributed by atoms with van der Waals surface area (Å²) >= 11 is 5.72. The van der Waals surface area contributed by atoms with Gasteiger partial charge in [-0.1, -0.05) is 38.4 Å². The largest absolute Gasteiger partial charge is 0.325 e. The van der Waals surface area contributed by atoms with E-state index in [-0.39, 0.29) is 16.4 Å². The molecule has 20 heavy (non-hydrogen) atoms. The number of benzene rings is 1. The van der Waals surface area contributed by atoms with Crippen molar-refractivity contribution < 1.29 is 4.39 Å². The van der Waals surface area contributed by atoms with Crippen LogP contribution in [0.15, 0.2) is 18.2 Å². The lowest BCUT2D eigenvalue weighted by molar-refractivity contribution is 0.134. The third kappa shape index (κ3) is 3.73. The van der Waals surface area contributed by atoms with Crippen molar-refractivity contribution in [3.8, 4) is 0 Å². The van der Waals surface area contributed by atoms with Gasteiger partial charge in [-0.15, -0.1) is 0 Å². The minimum absolute atomic E-state index is 0.177. The van der Waals surface area contributed by atoms with Gasteiger partial charge in [-0.05, 0) is 61.1 Å². The molecule has 1 aliphatic carbocycles. The Balaban J connectivity index is 2.01. The van der Waals surface area contributed by atoms with Crippen LogP contribution in [0.3, 0.4) is 0 Å². The van der Waals surface area contributed by atoms with Crippen LogP contribution in [0.5, 0.6) is 0 Å². The van der Waals surface area contributed by atoms with Crippen molar-refractivity contribution in [1.82, 2.24) is 0 Å². The van der Waals surface area contributed by atoms with E-state index in [1.807, 2.05) is 6.07 Å². The Hall–Kier alpha value is -0.600. The van der Waals surface area contributed by atoms with Crippen molar-refractivity contribution >= 4 is 11.6 Å². The molecule has 0 aliphatic heterocycles. The van der Waals surface area contributed by atoms with Gasteiger partial charge in [-0.25, -0.2) is 4.39 Å². The fourth-order valence-corrected chi connectivity index (χ4v) is 3.41. The molecule has 0 radical (unpaired) electrons. The van der Waals surface area contributed by atoms with E-state index in [1.165, 1.54) is 6.07 Å². The van der Waals surface area contributed by atoms with Crippen LogP contribution in [0, 0.1) is 17.2 Å². The fraction of sp³-hybridized carbons (Fsp3) is 0.647. The molecule has 0 heterocycles. The van der Waals surface area contributed by atoms with Gasteiger partial charge >= 0.3 is 0 Å². The molecule has 1 nitrogen and oxygen atoms in total. The lowest BCUT2D eigenvalue weighted by Gasteiger charge is -2.42. The summed E-state index contributed by atoms with van der Waals surface area (Å²) in [5, 5.41) is 0.177. The Morgan fingerprint density at radius 3 is 2.40 bits per heavy atom. The molecule has 1 aliphatic rings. The molecule has 0 saturated heterocycles. The first-order valence-corrected chi connectivity index (χ1v) is 7.80. The Morgan fingerprint density at radius 1 is 1.30 bits per heavy atom. The normalized spacial score (nSPS) is 27.6. The third-order valence-corrected chi connectivity index (χ3v) is 5.05. The van der Waals surface area contributed by atoms with Gasteiger partial charge in [0, 0.05) is 5.54 Å². The predicted octanol–water partition coefficient (Wildman–Crippen LogP) is 4.96. The molecule has 0 spiro atoms. The lowest BCUT2D eigenvalue weighted by Crippen LogP contribution is -2.46. The second kappa shape index (κ2) is 5.65. The van der Waals surface area contributed by atoms with Crippen molar-refractivity contribution in [2.45, 2.75) is 58.4 Å². The molecule has 3 heteroatoms. The van der Waals surface area contributed by atoms with Gasteiger partial charge in [0.1, 0.15) is 5.82 Å². The summed E-state index contributed by atoms with van der Waals surface area (Å²) in [4.78, 5) is 0. The minimum atomic E-state index is -0.351. The second-order valence-corrected chi connectivity index (χ2v) is 7.84. The molecule has 1 fully saturated rings. The molecular formula is C17H25ClFN. The molecule has 0 atom stereocenters. The molecular weight excluding hydrogens is 273 g/mol. The summed E-state index contributed by atoms with van der Waals surface area (Å²) in [6, 6.07) is 5.03. The van der Waals surface area contributed by atoms with E-state index in [0.29, 0.717) is 5.41 Å². The van der Waals surface area contributed by atoms with E-state index in [1.54, 1.807) is 6.07 Å². The number of rotatable bonds is 2. The Bertz CT molecular complexity index is 470. The van der Waals surface area contributed by atoms with Gasteiger partial charge in [-0.2, -0.15) is 0 Å². The number of nitrogens with two attached hydrogens (primary N) is 1. The minimum Gasteiger partial charge on any atom is -0.325 e. The van der Waals surface area contributed by atoms with Crippen molar-refractivity contribution in [3.05, 3.63) is 34.6 Å². The maximum absolute atomic E-state index is 13.5. The van der Waals surface area contributed by atoms with Crippen LogP contribution in [0.4, 0.5) is 4.39 Å². The maximum atomic E-state index is 13.5. The molecule has 1 aromatic rings. The highest BCUT2D eigenvalue weighted by atomic mass is 35.5. The van der Waals surface area contributed by atoms with Gasteiger partial charge in [0.05, 0.1) is 5.02 Å². The lowest BCUT2D eigenvalue weighted by atomic mass is 9.66. The molecule has 2 rings (SSSR count). The first-order chi connectivity index (χ1) is 9.20. The molecule has 2 N–H and O–H groups in total. The SMILES string of the molecule is CC(C)(C)C1CCC(N)(Cc2ccc(Cl)c(F)c2)CC1. The molecule has 0 aromatic heterocycles. The van der Waals surface area contributed by atoms with Crippen molar-refractivity contribution in [2.75, 3.05) is 0 Å². The van der Waals surface area contributed by atoms with Crippen molar-refractivity contribution in [2.24, 2.45) is 17.1 Å². The van der Waals surface area contributed by atoms with Crippen molar-refractivity contribution in [1.29, 1.82) is 0 Å². The first kappa shape index (κ1) is 15.8. The van der Waals surface area contributed by atoms with E-state index >= 15 is 0 Å². The van der Waals surface area contributed by atoms with Gasteiger partial charge in [-0.3, -0.25) is 0 Å². The zero-order chi connectivity index (χ0) is 15.0. The first-order valence-electron chi connectivity index (χ1n) is 7.42. The average molecular weight is 298 g/mol. The van der Waals surface area contributed by atoms with Crippen LogP contribution in [0.2, 0.25) is 5.02 Å². The van der Waals surface area contributed by atoms with Gasteiger partial charge < -0.3 is 5.73 Å². The Labute approximate surface area is 126 Å². The summed E-state index contributed by atoms with van der Waals surface area (Å²) in [7, 11) is 0. The van der Waals surface area contributed by atoms with E-state index in [4.69, 9.17) is 17.3 Å². The molecule has 1 saturated carbocycles. The summed E-state index contributed by atoms with van der Waals surface area (Å²) in [6.45, 7) is 6.90. The van der Waals surface area contributed by atoms with Crippen LogP contribution < -0.4 is 5.73 Å². The van der Waals surface area contributed by atoms with Crippen LogP contribution >= 0.6 is 11.6 Å². The van der Waals surface area contributed by atoms with E-state index in [2.05, 4.69) is 20.8 Å². The Kier molecular flexibility index (Phi) is 4.46. The fourth-order valence-electron chi connectivity index (χ4n) is 3.29. The molecule has 0 unspecified atom stereocenters. The second-order valence-electron chi connectivity index (χ2n) is 7.43. The predicted molar refractivity (Wildman–Crippen MR) is 83.4 cm³/mol. The van der Waals surface area contributed by atoms with Gasteiger partial charge in [0.25, 0.3) is 0 Å². The summed E-state index contributed by atoms with van der Waals surface area (Å²) < 4.78 is 13.5. The van der Waals surface area contributed by atoms with E-state index < -0.39 is 0 Å². The van der Waals surface area contributed by atoms with E-state index in [9.17, 15) is 4.39 Å². The number of hydrogen-bond donors (Lipinski definition) is 1. The summed E-state index contributed by atoms with van der Waals surface area (Å²) in [5.74, 6) is 0.386.